The Bertz CT molecular complexity index is 1060. The van der Waals surface area contributed by atoms with E-state index in [9.17, 15) is 27.6 Å². The number of halogens is 4. The average Bonchev–Trinajstić information content (AvgIpc) is 3.23. The van der Waals surface area contributed by atoms with Crippen LogP contribution in [0.2, 0.25) is 5.02 Å². The van der Waals surface area contributed by atoms with E-state index in [0.29, 0.717) is 11.1 Å². The third-order valence-corrected chi connectivity index (χ3v) is 5.36. The zero-order valence-electron chi connectivity index (χ0n) is 15.2. The van der Waals surface area contributed by atoms with Crippen LogP contribution in [0.1, 0.15) is 40.6 Å². The summed E-state index contributed by atoms with van der Waals surface area (Å²) in [6.07, 6.45) is -5.53. The van der Waals surface area contributed by atoms with Gasteiger partial charge in [-0.2, -0.15) is 13.2 Å². The lowest BCUT2D eigenvalue weighted by Gasteiger charge is -2.29. The molecule has 1 saturated heterocycles. The lowest BCUT2D eigenvalue weighted by molar-refractivity contribution is -0.144. The molecule has 2 heterocycles. The largest absolute Gasteiger partial charge is 0.433 e. The van der Waals surface area contributed by atoms with Crippen molar-refractivity contribution < 1.29 is 32.3 Å². The van der Waals surface area contributed by atoms with E-state index in [1.54, 1.807) is 24.3 Å². The van der Waals surface area contributed by atoms with Crippen LogP contribution in [0, 0.1) is 0 Å². The molecule has 0 spiro atoms. The molecule has 2 unspecified atom stereocenters. The SMILES string of the molecule is O=C1OC(N2C(=O)CCC2C(=O)Nc2cc(C(F)(F)F)ccc2Cl)c2ccccc21. The molecule has 0 bridgehead atoms. The summed E-state index contributed by atoms with van der Waals surface area (Å²) in [6, 6.07) is 8.02. The van der Waals surface area contributed by atoms with Crippen molar-refractivity contribution in [3.63, 3.8) is 0 Å². The van der Waals surface area contributed by atoms with Crippen molar-refractivity contribution in [3.8, 4) is 0 Å². The van der Waals surface area contributed by atoms with E-state index in [1.807, 2.05) is 0 Å². The number of amides is 2. The van der Waals surface area contributed by atoms with Gasteiger partial charge in [0.05, 0.1) is 21.8 Å². The maximum atomic E-state index is 13.0. The van der Waals surface area contributed by atoms with Gasteiger partial charge in [0.15, 0.2) is 0 Å². The van der Waals surface area contributed by atoms with Crippen molar-refractivity contribution in [3.05, 3.63) is 64.2 Å². The molecule has 30 heavy (non-hydrogen) atoms. The number of fused-ring (bicyclic) bond motifs is 1. The normalized spacial score (nSPS) is 20.9. The Kier molecular flexibility index (Phi) is 4.93. The quantitative estimate of drug-likeness (QED) is 0.730. The molecule has 2 aromatic carbocycles. The molecule has 0 aromatic heterocycles. The number of alkyl halides is 3. The molecule has 4 rings (SSSR count). The highest BCUT2D eigenvalue weighted by Crippen LogP contribution is 2.39. The number of benzene rings is 2. The fraction of sp³-hybridized carbons (Fsp3) is 0.250. The van der Waals surface area contributed by atoms with E-state index in [4.69, 9.17) is 16.3 Å². The summed E-state index contributed by atoms with van der Waals surface area (Å²) in [5, 5.41) is 2.29. The van der Waals surface area contributed by atoms with Gasteiger partial charge in [-0.25, -0.2) is 4.79 Å². The second-order valence-corrected chi connectivity index (χ2v) is 7.29. The average molecular weight is 439 g/mol. The maximum absolute atomic E-state index is 13.0. The van der Waals surface area contributed by atoms with Gasteiger partial charge in [0, 0.05) is 12.0 Å². The molecule has 0 radical (unpaired) electrons. The predicted octanol–water partition coefficient (Wildman–Crippen LogP) is 4.16. The fourth-order valence-electron chi connectivity index (χ4n) is 3.60. The van der Waals surface area contributed by atoms with Gasteiger partial charge < -0.3 is 10.1 Å². The third-order valence-electron chi connectivity index (χ3n) is 5.03. The summed E-state index contributed by atoms with van der Waals surface area (Å²) in [5.74, 6) is -1.74. The number of anilines is 1. The Balaban J connectivity index is 1.61. The Hall–Kier alpha value is -3.07. The highest BCUT2D eigenvalue weighted by Gasteiger charge is 2.46. The molecule has 0 saturated carbocycles. The van der Waals surface area contributed by atoms with E-state index >= 15 is 0 Å². The number of carbonyl (C=O) groups excluding carboxylic acids is 3. The summed E-state index contributed by atoms with van der Waals surface area (Å²) in [5.41, 5.74) is -0.449. The monoisotopic (exact) mass is 438 g/mol. The molecule has 0 aliphatic carbocycles. The van der Waals surface area contributed by atoms with Crippen LogP contribution in [0.5, 0.6) is 0 Å². The zero-order valence-corrected chi connectivity index (χ0v) is 16.0. The van der Waals surface area contributed by atoms with Crippen LogP contribution in [-0.2, 0) is 20.5 Å². The number of carbonyl (C=O) groups is 3. The number of ether oxygens (including phenoxy) is 1. The van der Waals surface area contributed by atoms with E-state index in [-0.39, 0.29) is 23.6 Å². The molecule has 2 aliphatic heterocycles. The fourth-order valence-corrected chi connectivity index (χ4v) is 3.77. The Morgan fingerprint density at radius 3 is 2.63 bits per heavy atom. The maximum Gasteiger partial charge on any atom is 0.416 e. The molecule has 1 fully saturated rings. The molecule has 156 valence electrons. The molecule has 6 nitrogen and oxygen atoms in total. The molecule has 2 aromatic rings. The minimum Gasteiger partial charge on any atom is -0.433 e. The lowest BCUT2D eigenvalue weighted by atomic mass is 10.1. The number of hydrogen-bond donors (Lipinski definition) is 1. The van der Waals surface area contributed by atoms with Gasteiger partial charge in [-0.05, 0) is 30.7 Å². The summed E-state index contributed by atoms with van der Waals surface area (Å²) < 4.78 is 44.2. The van der Waals surface area contributed by atoms with Gasteiger partial charge in [0.25, 0.3) is 0 Å². The zero-order chi connectivity index (χ0) is 21.6. The van der Waals surface area contributed by atoms with Crippen molar-refractivity contribution in [2.75, 3.05) is 5.32 Å². The molecular formula is C20H14ClF3N2O4. The van der Waals surface area contributed by atoms with Gasteiger partial charge >= 0.3 is 12.1 Å². The van der Waals surface area contributed by atoms with Crippen LogP contribution >= 0.6 is 11.6 Å². The highest BCUT2D eigenvalue weighted by atomic mass is 35.5. The second-order valence-electron chi connectivity index (χ2n) is 6.88. The van der Waals surface area contributed by atoms with Gasteiger partial charge in [0.2, 0.25) is 18.0 Å². The third kappa shape index (κ3) is 3.49. The first-order valence-electron chi connectivity index (χ1n) is 8.95. The van der Waals surface area contributed by atoms with Gasteiger partial charge in [-0.1, -0.05) is 29.8 Å². The van der Waals surface area contributed by atoms with Gasteiger partial charge in [-0.3, -0.25) is 14.5 Å². The minimum absolute atomic E-state index is 0.0324. The van der Waals surface area contributed by atoms with Crippen LogP contribution in [-0.4, -0.2) is 28.7 Å². The molecule has 1 N–H and O–H groups in total. The summed E-state index contributed by atoms with van der Waals surface area (Å²) >= 11 is 5.94. The molecular weight excluding hydrogens is 425 g/mol. The smallest absolute Gasteiger partial charge is 0.416 e. The van der Waals surface area contributed by atoms with Crippen molar-refractivity contribution in [2.24, 2.45) is 0 Å². The standard InChI is InChI=1S/C20H14ClF3N2O4/c21-13-6-5-10(20(22,23)24)9-14(13)25-17(28)15-7-8-16(27)26(15)18-11-3-1-2-4-12(11)19(29)30-18/h1-6,9,15,18H,7-8H2,(H,25,28). The number of hydrogen-bond acceptors (Lipinski definition) is 4. The minimum atomic E-state index is -4.61. The van der Waals surface area contributed by atoms with Crippen LogP contribution in [0.4, 0.5) is 18.9 Å². The lowest BCUT2D eigenvalue weighted by Crippen LogP contribution is -2.43. The van der Waals surface area contributed by atoms with Crippen LogP contribution < -0.4 is 5.32 Å². The van der Waals surface area contributed by atoms with Crippen molar-refractivity contribution in [1.82, 2.24) is 4.90 Å². The molecule has 2 amide bonds. The summed E-state index contributed by atoms with van der Waals surface area (Å²) in [4.78, 5) is 38.6. The van der Waals surface area contributed by atoms with Crippen LogP contribution in [0.15, 0.2) is 42.5 Å². The van der Waals surface area contributed by atoms with Crippen LogP contribution in [0.25, 0.3) is 0 Å². The molecule has 2 atom stereocenters. The van der Waals surface area contributed by atoms with Crippen molar-refractivity contribution in [1.29, 1.82) is 0 Å². The number of likely N-dealkylation sites (tertiary alicyclic amines) is 1. The number of nitrogens with zero attached hydrogens (tertiary/aromatic N) is 1. The highest BCUT2D eigenvalue weighted by molar-refractivity contribution is 6.33. The first-order chi connectivity index (χ1) is 14.2. The summed E-state index contributed by atoms with van der Waals surface area (Å²) in [7, 11) is 0. The van der Waals surface area contributed by atoms with E-state index in [0.717, 1.165) is 23.1 Å². The van der Waals surface area contributed by atoms with E-state index < -0.39 is 41.8 Å². The molecule has 10 heteroatoms. The Morgan fingerprint density at radius 1 is 1.17 bits per heavy atom. The van der Waals surface area contributed by atoms with Crippen molar-refractivity contribution >= 4 is 35.1 Å². The predicted molar refractivity (Wildman–Crippen MR) is 99.6 cm³/mol. The number of cyclic esters (lactones) is 1. The van der Waals surface area contributed by atoms with Crippen molar-refractivity contribution in [2.45, 2.75) is 31.3 Å². The Morgan fingerprint density at radius 2 is 1.90 bits per heavy atom. The van der Waals surface area contributed by atoms with E-state index in [1.165, 1.54) is 0 Å². The number of rotatable bonds is 3. The number of esters is 1. The number of nitrogens with one attached hydrogen (secondary N) is 1. The second kappa shape index (κ2) is 7.32. The van der Waals surface area contributed by atoms with Gasteiger partial charge in [0.1, 0.15) is 6.04 Å². The molecule has 2 aliphatic rings. The summed E-state index contributed by atoms with van der Waals surface area (Å²) in [6.45, 7) is 0. The van der Waals surface area contributed by atoms with E-state index in [2.05, 4.69) is 5.32 Å². The Labute approximate surface area is 173 Å². The van der Waals surface area contributed by atoms with Crippen LogP contribution in [0.3, 0.4) is 0 Å². The first-order valence-corrected chi connectivity index (χ1v) is 9.33. The topological polar surface area (TPSA) is 75.7 Å². The first kappa shape index (κ1) is 20.2. The van der Waals surface area contributed by atoms with Gasteiger partial charge in [-0.15, -0.1) is 0 Å².